The Labute approximate surface area is 108 Å². The van der Waals surface area contributed by atoms with Crippen LogP contribution in [0.25, 0.3) is 0 Å². The quantitative estimate of drug-likeness (QED) is 0.879. The lowest BCUT2D eigenvalue weighted by atomic mass is 9.91. The predicted molar refractivity (Wildman–Crippen MR) is 67.9 cm³/mol. The molecule has 0 spiro atoms. The molecule has 0 amide bonds. The van der Waals surface area contributed by atoms with E-state index in [4.69, 9.17) is 5.73 Å². The Balaban J connectivity index is 2.08. The zero-order valence-electron chi connectivity index (χ0n) is 9.35. The molecule has 5 heteroatoms. The third-order valence-electron chi connectivity index (χ3n) is 3.13. The fraction of sp³-hybridized carbons (Fsp3) is 0.500. The van der Waals surface area contributed by atoms with E-state index in [0.717, 1.165) is 31.7 Å². The van der Waals surface area contributed by atoms with Gasteiger partial charge >= 0.3 is 0 Å². The number of halogens is 3. The van der Waals surface area contributed by atoms with Crippen molar-refractivity contribution in [1.82, 2.24) is 0 Å². The summed E-state index contributed by atoms with van der Waals surface area (Å²) in [4.78, 5) is 0. The molecule has 0 atom stereocenters. The summed E-state index contributed by atoms with van der Waals surface area (Å²) < 4.78 is 26.9. The van der Waals surface area contributed by atoms with Crippen molar-refractivity contribution in [2.24, 2.45) is 5.73 Å². The highest BCUT2D eigenvalue weighted by Crippen LogP contribution is 2.30. The molecule has 0 unspecified atom stereocenters. The molecule has 0 aromatic heterocycles. The summed E-state index contributed by atoms with van der Waals surface area (Å²) in [5.41, 5.74) is 6.15. The molecule has 94 valence electrons. The monoisotopic (exact) mass is 304 g/mol. The minimum atomic E-state index is -0.578. The molecule has 0 heterocycles. The standard InChI is InChI=1S/C12H15BrF2N2/c13-10-5-7(14)6-11(15)12(10)17-9-3-1-8(16)2-4-9/h5-6,8-9,17H,1-4,16H2. The van der Waals surface area contributed by atoms with Crippen LogP contribution in [0.15, 0.2) is 16.6 Å². The summed E-state index contributed by atoms with van der Waals surface area (Å²) in [6.45, 7) is 0. The van der Waals surface area contributed by atoms with Crippen molar-refractivity contribution in [1.29, 1.82) is 0 Å². The lowest BCUT2D eigenvalue weighted by Crippen LogP contribution is -2.33. The van der Waals surface area contributed by atoms with E-state index >= 15 is 0 Å². The number of anilines is 1. The first-order chi connectivity index (χ1) is 8.06. The minimum Gasteiger partial charge on any atom is -0.379 e. The third kappa shape index (κ3) is 3.16. The molecule has 0 saturated heterocycles. The highest BCUT2D eigenvalue weighted by Gasteiger charge is 2.20. The SMILES string of the molecule is NC1CCC(Nc2c(F)cc(F)cc2Br)CC1. The van der Waals surface area contributed by atoms with Crippen LogP contribution >= 0.6 is 15.9 Å². The van der Waals surface area contributed by atoms with Crippen molar-refractivity contribution < 1.29 is 8.78 Å². The Kier molecular flexibility index (Phi) is 3.99. The van der Waals surface area contributed by atoms with Crippen LogP contribution in [0.2, 0.25) is 0 Å². The van der Waals surface area contributed by atoms with Crippen molar-refractivity contribution >= 4 is 21.6 Å². The summed E-state index contributed by atoms with van der Waals surface area (Å²) in [5.74, 6) is -1.14. The molecule has 1 saturated carbocycles. The van der Waals surface area contributed by atoms with Gasteiger partial charge in [-0.2, -0.15) is 0 Å². The van der Waals surface area contributed by atoms with E-state index in [0.29, 0.717) is 10.2 Å². The van der Waals surface area contributed by atoms with Gasteiger partial charge in [0.25, 0.3) is 0 Å². The molecule has 0 bridgehead atoms. The van der Waals surface area contributed by atoms with Crippen LogP contribution < -0.4 is 11.1 Å². The van der Waals surface area contributed by atoms with Gasteiger partial charge < -0.3 is 11.1 Å². The lowest BCUT2D eigenvalue weighted by Gasteiger charge is -2.28. The van der Waals surface area contributed by atoms with Gasteiger partial charge in [0.15, 0.2) is 0 Å². The molecule has 17 heavy (non-hydrogen) atoms. The lowest BCUT2D eigenvalue weighted by molar-refractivity contribution is 0.410. The second kappa shape index (κ2) is 5.31. The van der Waals surface area contributed by atoms with E-state index in [-0.39, 0.29) is 12.1 Å². The van der Waals surface area contributed by atoms with Crippen LogP contribution in [0, 0.1) is 11.6 Å². The topological polar surface area (TPSA) is 38.0 Å². The molecule has 1 aromatic carbocycles. The van der Waals surface area contributed by atoms with Gasteiger partial charge in [0, 0.05) is 22.6 Å². The molecule has 1 aliphatic carbocycles. The number of rotatable bonds is 2. The van der Waals surface area contributed by atoms with Crippen molar-refractivity contribution in [2.45, 2.75) is 37.8 Å². The second-order valence-electron chi connectivity index (χ2n) is 4.50. The number of nitrogens with one attached hydrogen (secondary N) is 1. The van der Waals surface area contributed by atoms with E-state index < -0.39 is 11.6 Å². The minimum absolute atomic E-state index is 0.214. The smallest absolute Gasteiger partial charge is 0.150 e. The van der Waals surface area contributed by atoms with E-state index in [9.17, 15) is 8.78 Å². The van der Waals surface area contributed by atoms with Crippen LogP contribution in [0.4, 0.5) is 14.5 Å². The average molecular weight is 305 g/mol. The van der Waals surface area contributed by atoms with Crippen molar-refractivity contribution in [3.8, 4) is 0 Å². The van der Waals surface area contributed by atoms with E-state index in [2.05, 4.69) is 21.2 Å². The van der Waals surface area contributed by atoms with Crippen LogP contribution in [-0.2, 0) is 0 Å². The number of benzene rings is 1. The summed E-state index contributed by atoms with van der Waals surface area (Å²) >= 11 is 3.17. The molecule has 3 N–H and O–H groups in total. The van der Waals surface area contributed by atoms with Gasteiger partial charge in [-0.05, 0) is 47.7 Å². The number of hydrogen-bond donors (Lipinski definition) is 2. The molecule has 1 aliphatic rings. The van der Waals surface area contributed by atoms with E-state index in [1.54, 1.807) is 0 Å². The van der Waals surface area contributed by atoms with Gasteiger partial charge in [-0.3, -0.25) is 0 Å². The van der Waals surface area contributed by atoms with Crippen LogP contribution in [0.5, 0.6) is 0 Å². The van der Waals surface area contributed by atoms with Crippen molar-refractivity contribution in [3.05, 3.63) is 28.2 Å². The highest BCUT2D eigenvalue weighted by molar-refractivity contribution is 9.10. The van der Waals surface area contributed by atoms with Gasteiger partial charge in [0.2, 0.25) is 0 Å². The molecular weight excluding hydrogens is 290 g/mol. The maximum Gasteiger partial charge on any atom is 0.150 e. The van der Waals surface area contributed by atoms with Gasteiger partial charge in [0.05, 0.1) is 5.69 Å². The first-order valence-corrected chi connectivity index (χ1v) is 6.52. The predicted octanol–water partition coefficient (Wildman–Crippen LogP) is 3.41. The summed E-state index contributed by atoms with van der Waals surface area (Å²) in [6, 6.07) is 2.63. The first-order valence-electron chi connectivity index (χ1n) is 5.73. The molecule has 2 rings (SSSR count). The largest absolute Gasteiger partial charge is 0.379 e. The normalized spacial score (nSPS) is 24.7. The average Bonchev–Trinajstić information content (AvgIpc) is 2.26. The fourth-order valence-corrected chi connectivity index (χ4v) is 2.67. The maximum absolute atomic E-state index is 13.6. The second-order valence-corrected chi connectivity index (χ2v) is 5.35. The molecular formula is C12H15BrF2N2. The summed E-state index contributed by atoms with van der Waals surface area (Å²) in [6.07, 6.45) is 3.73. The Morgan fingerprint density at radius 1 is 1.18 bits per heavy atom. The zero-order valence-corrected chi connectivity index (χ0v) is 10.9. The Hall–Kier alpha value is -0.680. The Bertz CT molecular complexity index is 380. The van der Waals surface area contributed by atoms with Gasteiger partial charge in [0.1, 0.15) is 11.6 Å². The fourth-order valence-electron chi connectivity index (χ4n) is 2.15. The van der Waals surface area contributed by atoms with Gasteiger partial charge in [-0.1, -0.05) is 0 Å². The molecule has 1 fully saturated rings. The van der Waals surface area contributed by atoms with Gasteiger partial charge in [-0.15, -0.1) is 0 Å². The number of hydrogen-bond acceptors (Lipinski definition) is 2. The van der Waals surface area contributed by atoms with E-state index in [1.807, 2.05) is 0 Å². The zero-order chi connectivity index (χ0) is 12.4. The molecule has 0 aliphatic heterocycles. The third-order valence-corrected chi connectivity index (χ3v) is 3.75. The van der Waals surface area contributed by atoms with Crippen LogP contribution in [0.1, 0.15) is 25.7 Å². The van der Waals surface area contributed by atoms with E-state index in [1.165, 1.54) is 6.07 Å². The molecule has 1 aromatic rings. The first kappa shape index (κ1) is 12.8. The van der Waals surface area contributed by atoms with Crippen molar-refractivity contribution in [2.75, 3.05) is 5.32 Å². The molecule has 0 radical (unpaired) electrons. The number of nitrogens with two attached hydrogens (primary N) is 1. The Morgan fingerprint density at radius 3 is 2.41 bits per heavy atom. The van der Waals surface area contributed by atoms with Gasteiger partial charge in [-0.25, -0.2) is 8.78 Å². The summed E-state index contributed by atoms with van der Waals surface area (Å²) in [5, 5.41) is 3.12. The Morgan fingerprint density at radius 2 is 1.82 bits per heavy atom. The molecule has 2 nitrogen and oxygen atoms in total. The maximum atomic E-state index is 13.6. The highest BCUT2D eigenvalue weighted by atomic mass is 79.9. The van der Waals surface area contributed by atoms with Crippen molar-refractivity contribution in [3.63, 3.8) is 0 Å². The summed E-state index contributed by atoms with van der Waals surface area (Å²) in [7, 11) is 0. The van der Waals surface area contributed by atoms with Crippen LogP contribution in [-0.4, -0.2) is 12.1 Å². The van der Waals surface area contributed by atoms with Crippen LogP contribution in [0.3, 0.4) is 0 Å².